The number of esters is 1. The van der Waals surface area contributed by atoms with Crippen molar-refractivity contribution in [2.45, 2.75) is 19.6 Å². The van der Waals surface area contributed by atoms with Crippen molar-refractivity contribution in [2.75, 3.05) is 7.11 Å². The normalized spacial score (nSPS) is 11.4. The number of carbonyl (C=O) groups excluding carboxylic acids is 3. The van der Waals surface area contributed by atoms with Crippen molar-refractivity contribution in [2.24, 2.45) is 0 Å². The summed E-state index contributed by atoms with van der Waals surface area (Å²) in [6.45, 7) is 0.710. The summed E-state index contributed by atoms with van der Waals surface area (Å²) in [6.07, 6.45) is -2.24. The second-order valence-corrected chi connectivity index (χ2v) is 4.81. The van der Waals surface area contributed by atoms with Crippen LogP contribution in [0.2, 0.25) is 0 Å². The summed E-state index contributed by atoms with van der Waals surface area (Å²) < 4.78 is 14.8. The van der Waals surface area contributed by atoms with Crippen molar-refractivity contribution in [3.8, 4) is 11.5 Å². The van der Waals surface area contributed by atoms with Crippen LogP contribution in [0, 0.1) is 0 Å². The monoisotopic (exact) mass is 349 g/mol. The number of carbonyl (C=O) groups is 3. The Morgan fingerprint density at radius 2 is 1.96 bits per heavy atom. The standard InChI is InChI=1S/C15H15N3O7/c1-9(12(20)16-14(21)23-2)24-11(19)8-18-15(22)25-13(17-18)10-6-4-3-5-7-10/h3-7,9H,8H2,1-2H3,(H,16,20,21)/t9-/m1/s1. The molecule has 0 bridgehead atoms. The van der Waals surface area contributed by atoms with E-state index in [1.165, 1.54) is 6.92 Å². The number of amides is 2. The number of hydrogen-bond acceptors (Lipinski definition) is 8. The van der Waals surface area contributed by atoms with Crippen LogP contribution in [0.1, 0.15) is 6.92 Å². The van der Waals surface area contributed by atoms with Crippen molar-refractivity contribution in [1.82, 2.24) is 15.1 Å². The smallest absolute Gasteiger partial charge is 0.437 e. The van der Waals surface area contributed by atoms with Gasteiger partial charge >= 0.3 is 17.8 Å². The number of alkyl carbamates (subject to hydrolysis) is 1. The summed E-state index contributed by atoms with van der Waals surface area (Å²) in [5.74, 6) is -2.56. The quantitative estimate of drug-likeness (QED) is 0.764. The van der Waals surface area contributed by atoms with Crippen LogP contribution >= 0.6 is 0 Å². The molecule has 0 saturated carbocycles. The average Bonchev–Trinajstić information content (AvgIpc) is 2.96. The van der Waals surface area contributed by atoms with Crippen molar-refractivity contribution in [3.05, 3.63) is 40.9 Å². The Morgan fingerprint density at radius 1 is 1.28 bits per heavy atom. The largest absolute Gasteiger partial charge is 0.453 e. The van der Waals surface area contributed by atoms with Gasteiger partial charge in [0.2, 0.25) is 5.89 Å². The average molecular weight is 349 g/mol. The molecule has 10 heteroatoms. The molecule has 0 fully saturated rings. The first-order valence-corrected chi connectivity index (χ1v) is 7.12. The lowest BCUT2D eigenvalue weighted by Gasteiger charge is -2.11. The van der Waals surface area contributed by atoms with Gasteiger partial charge in [-0.25, -0.2) is 9.59 Å². The van der Waals surface area contributed by atoms with Gasteiger partial charge in [-0.15, -0.1) is 5.10 Å². The Kier molecular flexibility index (Phi) is 5.66. The van der Waals surface area contributed by atoms with Crippen LogP contribution in [0.4, 0.5) is 4.79 Å². The highest BCUT2D eigenvalue weighted by molar-refractivity contribution is 5.94. The predicted molar refractivity (Wildman–Crippen MR) is 82.3 cm³/mol. The molecule has 1 atom stereocenters. The first kappa shape index (κ1) is 17.9. The van der Waals surface area contributed by atoms with Crippen molar-refractivity contribution in [3.63, 3.8) is 0 Å². The fourth-order valence-electron chi connectivity index (χ4n) is 1.77. The Balaban J connectivity index is 1.99. The summed E-state index contributed by atoms with van der Waals surface area (Å²) in [5.41, 5.74) is 0.567. The highest BCUT2D eigenvalue weighted by atomic mass is 16.6. The Labute approximate surface area is 141 Å². The van der Waals surface area contributed by atoms with E-state index in [-0.39, 0.29) is 5.89 Å². The van der Waals surface area contributed by atoms with E-state index in [0.717, 1.165) is 11.8 Å². The van der Waals surface area contributed by atoms with Gasteiger partial charge in [0.25, 0.3) is 5.91 Å². The minimum Gasteiger partial charge on any atom is -0.453 e. The maximum atomic E-state index is 11.8. The first-order chi connectivity index (χ1) is 11.9. The van der Waals surface area contributed by atoms with Gasteiger partial charge in [0.15, 0.2) is 6.10 Å². The molecule has 1 aromatic carbocycles. The second kappa shape index (κ2) is 7.90. The Hall–Kier alpha value is -3.43. The van der Waals surface area contributed by atoms with Crippen molar-refractivity contribution < 1.29 is 28.3 Å². The summed E-state index contributed by atoms with van der Waals surface area (Å²) in [6, 6.07) is 8.64. The zero-order chi connectivity index (χ0) is 18.4. The lowest BCUT2D eigenvalue weighted by atomic mass is 10.2. The highest BCUT2D eigenvalue weighted by Gasteiger charge is 2.21. The maximum absolute atomic E-state index is 11.8. The number of imide groups is 1. The molecule has 132 valence electrons. The van der Waals surface area contributed by atoms with Crippen LogP contribution in [0.25, 0.3) is 11.5 Å². The number of aromatic nitrogens is 2. The molecular weight excluding hydrogens is 334 g/mol. The van der Waals surface area contributed by atoms with Crippen LogP contribution in [0.5, 0.6) is 0 Å². The van der Waals surface area contributed by atoms with E-state index >= 15 is 0 Å². The highest BCUT2D eigenvalue weighted by Crippen LogP contribution is 2.13. The van der Waals surface area contributed by atoms with Crippen molar-refractivity contribution in [1.29, 1.82) is 0 Å². The molecule has 2 aromatic rings. The van der Waals surface area contributed by atoms with E-state index in [9.17, 15) is 19.2 Å². The first-order valence-electron chi connectivity index (χ1n) is 7.12. The zero-order valence-electron chi connectivity index (χ0n) is 13.4. The molecule has 0 aliphatic carbocycles. The maximum Gasteiger partial charge on any atom is 0.437 e. The molecule has 0 aliphatic heterocycles. The molecule has 0 unspecified atom stereocenters. The molecular formula is C15H15N3O7. The topological polar surface area (TPSA) is 130 Å². The molecule has 2 amide bonds. The van der Waals surface area contributed by atoms with Gasteiger partial charge in [-0.2, -0.15) is 4.68 Å². The third-order valence-corrected chi connectivity index (χ3v) is 2.99. The van der Waals surface area contributed by atoms with Crippen LogP contribution in [-0.4, -0.2) is 41.0 Å². The number of methoxy groups -OCH3 is 1. The number of nitrogens with one attached hydrogen (secondary N) is 1. The summed E-state index contributed by atoms with van der Waals surface area (Å²) >= 11 is 0. The van der Waals surface area contributed by atoms with Crippen LogP contribution in [-0.2, 0) is 25.6 Å². The van der Waals surface area contributed by atoms with Gasteiger partial charge in [-0.05, 0) is 19.1 Å². The van der Waals surface area contributed by atoms with E-state index < -0.39 is 36.4 Å². The molecule has 0 radical (unpaired) electrons. The molecule has 0 saturated heterocycles. The summed E-state index contributed by atoms with van der Waals surface area (Å²) in [4.78, 5) is 46.0. The molecule has 2 rings (SSSR count). The third-order valence-electron chi connectivity index (χ3n) is 2.99. The summed E-state index contributed by atoms with van der Waals surface area (Å²) in [5, 5.41) is 5.75. The van der Waals surface area contributed by atoms with Crippen molar-refractivity contribution >= 4 is 18.0 Å². The number of rotatable bonds is 5. The van der Waals surface area contributed by atoms with E-state index in [2.05, 4.69) is 9.84 Å². The Bertz CT molecular complexity index is 825. The van der Waals surface area contributed by atoms with Gasteiger partial charge in [0.05, 0.1) is 7.11 Å². The minimum absolute atomic E-state index is 0.0508. The lowest BCUT2D eigenvalue weighted by Crippen LogP contribution is -2.40. The molecule has 0 spiro atoms. The van der Waals surface area contributed by atoms with Crippen LogP contribution < -0.4 is 11.1 Å². The van der Waals surface area contributed by atoms with E-state index in [4.69, 9.17) is 9.15 Å². The van der Waals surface area contributed by atoms with E-state index in [1.54, 1.807) is 30.3 Å². The minimum atomic E-state index is -1.26. The molecule has 10 nitrogen and oxygen atoms in total. The van der Waals surface area contributed by atoms with Gasteiger partial charge < -0.3 is 13.9 Å². The van der Waals surface area contributed by atoms with Gasteiger partial charge in [0.1, 0.15) is 6.54 Å². The van der Waals surface area contributed by atoms with Gasteiger partial charge in [0, 0.05) is 5.56 Å². The second-order valence-electron chi connectivity index (χ2n) is 4.81. The number of benzene rings is 1. The zero-order valence-corrected chi connectivity index (χ0v) is 13.4. The van der Waals surface area contributed by atoms with Crippen LogP contribution in [0.15, 0.2) is 39.5 Å². The molecule has 0 aliphatic rings. The molecule has 25 heavy (non-hydrogen) atoms. The Morgan fingerprint density at radius 3 is 2.60 bits per heavy atom. The lowest BCUT2D eigenvalue weighted by molar-refractivity contribution is -0.155. The predicted octanol–water partition coefficient (Wildman–Crippen LogP) is 0.318. The van der Waals surface area contributed by atoms with Gasteiger partial charge in [-0.3, -0.25) is 14.9 Å². The van der Waals surface area contributed by atoms with Crippen LogP contribution in [0.3, 0.4) is 0 Å². The summed E-state index contributed by atoms with van der Waals surface area (Å²) in [7, 11) is 1.08. The van der Waals surface area contributed by atoms with E-state index in [1.807, 2.05) is 5.32 Å². The molecule has 1 heterocycles. The molecule has 1 N–H and O–H groups in total. The third kappa shape index (κ3) is 4.77. The molecule has 1 aromatic heterocycles. The van der Waals surface area contributed by atoms with E-state index in [0.29, 0.717) is 5.56 Å². The number of nitrogens with zero attached hydrogens (tertiary/aromatic N) is 2. The van der Waals surface area contributed by atoms with Gasteiger partial charge in [-0.1, -0.05) is 18.2 Å². The number of ether oxygens (including phenoxy) is 2. The fraction of sp³-hybridized carbons (Fsp3) is 0.267. The number of hydrogen-bond donors (Lipinski definition) is 1. The fourth-order valence-corrected chi connectivity index (χ4v) is 1.77. The SMILES string of the molecule is COC(=O)NC(=O)[C@@H](C)OC(=O)Cn1nc(-c2ccccc2)oc1=O.